The average molecular weight is 251 g/mol. The van der Waals surface area contributed by atoms with Gasteiger partial charge in [-0.2, -0.15) is 0 Å². The van der Waals surface area contributed by atoms with Gasteiger partial charge in [-0.3, -0.25) is 0 Å². The van der Waals surface area contributed by atoms with Crippen LogP contribution in [0.4, 0.5) is 0 Å². The largest absolute Gasteiger partial charge is 0.497 e. The van der Waals surface area contributed by atoms with E-state index in [1.54, 1.807) is 14.2 Å². The van der Waals surface area contributed by atoms with Gasteiger partial charge in [-0.1, -0.05) is 32.4 Å². The minimum absolute atomic E-state index is 0.211. The summed E-state index contributed by atoms with van der Waals surface area (Å²) in [7, 11) is 3.47. The number of hydrogen-bond acceptors (Lipinski definition) is 3. The van der Waals surface area contributed by atoms with Crippen molar-refractivity contribution >= 4 is 0 Å². The zero-order valence-corrected chi connectivity index (χ0v) is 11.9. The minimum Gasteiger partial charge on any atom is -0.497 e. The van der Waals surface area contributed by atoms with Crippen molar-refractivity contribution in [1.29, 1.82) is 0 Å². The van der Waals surface area contributed by atoms with Crippen molar-refractivity contribution in [2.75, 3.05) is 20.8 Å². The van der Waals surface area contributed by atoms with E-state index in [0.29, 0.717) is 0 Å². The van der Waals surface area contributed by atoms with Crippen molar-refractivity contribution in [3.8, 4) is 5.75 Å². The maximum atomic E-state index is 5.62. The van der Waals surface area contributed by atoms with Crippen LogP contribution < -0.4 is 10.1 Å². The minimum atomic E-state index is 0.211. The number of ether oxygens (including phenoxy) is 2. The van der Waals surface area contributed by atoms with Gasteiger partial charge in [0.2, 0.25) is 0 Å². The molecule has 2 atom stereocenters. The Morgan fingerprint density at radius 1 is 1.11 bits per heavy atom. The van der Waals surface area contributed by atoms with E-state index < -0.39 is 0 Å². The van der Waals surface area contributed by atoms with Crippen molar-refractivity contribution in [2.24, 2.45) is 0 Å². The fraction of sp³-hybridized carbons (Fsp3) is 0.600. The summed E-state index contributed by atoms with van der Waals surface area (Å²) in [5, 5.41) is 3.51. The lowest BCUT2D eigenvalue weighted by molar-refractivity contribution is 0.0611. The second kappa shape index (κ2) is 8.11. The quantitative estimate of drug-likeness (QED) is 0.770. The topological polar surface area (TPSA) is 30.5 Å². The molecule has 0 aromatic heterocycles. The summed E-state index contributed by atoms with van der Waals surface area (Å²) in [5.74, 6) is 0.887. The Bertz CT molecular complexity index is 324. The molecule has 1 N–H and O–H groups in total. The first-order valence-corrected chi connectivity index (χ1v) is 6.66. The highest BCUT2D eigenvalue weighted by atomic mass is 16.5. The van der Waals surface area contributed by atoms with Gasteiger partial charge in [0.15, 0.2) is 0 Å². The first-order valence-electron chi connectivity index (χ1n) is 6.66. The van der Waals surface area contributed by atoms with Crippen LogP contribution in [0.15, 0.2) is 24.3 Å². The first-order chi connectivity index (χ1) is 8.76. The summed E-state index contributed by atoms with van der Waals surface area (Å²) in [5.41, 5.74) is 1.25. The smallest absolute Gasteiger partial charge is 0.118 e. The predicted octanol–water partition coefficient (Wildman–Crippen LogP) is 3.16. The second-order valence-corrected chi connectivity index (χ2v) is 4.37. The van der Waals surface area contributed by atoms with Gasteiger partial charge < -0.3 is 14.8 Å². The molecule has 102 valence electrons. The normalized spacial score (nSPS) is 14.2. The molecule has 3 nitrogen and oxygen atoms in total. The summed E-state index contributed by atoms with van der Waals surface area (Å²) in [6.07, 6.45) is 2.39. The molecular weight excluding hydrogens is 226 g/mol. The fourth-order valence-electron chi connectivity index (χ4n) is 2.20. The van der Waals surface area contributed by atoms with Crippen LogP contribution in [-0.4, -0.2) is 26.9 Å². The molecule has 1 aromatic carbocycles. The van der Waals surface area contributed by atoms with Crippen molar-refractivity contribution in [3.63, 3.8) is 0 Å². The zero-order valence-electron chi connectivity index (χ0n) is 11.9. The first kappa shape index (κ1) is 15.0. The fourth-order valence-corrected chi connectivity index (χ4v) is 2.20. The van der Waals surface area contributed by atoms with Gasteiger partial charge in [0.1, 0.15) is 5.75 Å². The number of benzene rings is 1. The number of likely N-dealkylation sites (N-methyl/N-ethyl adjacent to an activating group) is 1. The van der Waals surface area contributed by atoms with Gasteiger partial charge in [0.05, 0.1) is 19.3 Å². The van der Waals surface area contributed by atoms with Crippen LogP contribution in [0.2, 0.25) is 0 Å². The molecule has 18 heavy (non-hydrogen) atoms. The van der Waals surface area contributed by atoms with Crippen molar-refractivity contribution in [3.05, 3.63) is 29.8 Å². The monoisotopic (exact) mass is 251 g/mol. The van der Waals surface area contributed by atoms with E-state index in [2.05, 4.69) is 31.3 Å². The highest BCUT2D eigenvalue weighted by Crippen LogP contribution is 2.24. The number of hydrogen-bond donors (Lipinski definition) is 1. The number of methoxy groups -OCH3 is 2. The molecule has 0 bridgehead atoms. The van der Waals surface area contributed by atoms with E-state index in [0.717, 1.165) is 25.1 Å². The van der Waals surface area contributed by atoms with Crippen LogP contribution in [0.1, 0.15) is 38.3 Å². The lowest BCUT2D eigenvalue weighted by Crippen LogP contribution is -2.33. The van der Waals surface area contributed by atoms with E-state index in [-0.39, 0.29) is 12.1 Å². The molecule has 0 heterocycles. The lowest BCUT2D eigenvalue weighted by atomic mass is 9.98. The molecule has 1 rings (SSSR count). The molecule has 0 aliphatic carbocycles. The van der Waals surface area contributed by atoms with Crippen LogP contribution in [-0.2, 0) is 4.74 Å². The van der Waals surface area contributed by atoms with Gasteiger partial charge in [0, 0.05) is 7.11 Å². The maximum Gasteiger partial charge on any atom is 0.118 e. The van der Waals surface area contributed by atoms with Crippen LogP contribution in [0.25, 0.3) is 0 Å². The van der Waals surface area contributed by atoms with Crippen LogP contribution in [0.5, 0.6) is 5.75 Å². The maximum absolute atomic E-state index is 5.62. The van der Waals surface area contributed by atoms with Gasteiger partial charge >= 0.3 is 0 Å². The molecule has 0 saturated carbocycles. The Morgan fingerprint density at radius 3 is 2.22 bits per heavy atom. The van der Waals surface area contributed by atoms with Gasteiger partial charge in [-0.05, 0) is 30.7 Å². The standard InChI is InChI=1S/C15H25NO2/c1-5-7-14(18-4)15(16-6-2)12-8-10-13(17-3)11-9-12/h8-11,14-16H,5-7H2,1-4H3. The third-order valence-corrected chi connectivity index (χ3v) is 3.15. The average Bonchev–Trinajstić information content (AvgIpc) is 2.43. The summed E-state index contributed by atoms with van der Waals surface area (Å²) in [6, 6.07) is 8.45. The molecule has 0 spiro atoms. The van der Waals surface area contributed by atoms with E-state index in [1.807, 2.05) is 12.1 Å². The van der Waals surface area contributed by atoms with Gasteiger partial charge in [-0.15, -0.1) is 0 Å². The Balaban J connectivity index is 2.87. The third-order valence-electron chi connectivity index (χ3n) is 3.15. The molecular formula is C15H25NO2. The highest BCUT2D eigenvalue weighted by Gasteiger charge is 2.21. The Labute approximate surface area is 110 Å². The molecule has 3 heteroatoms. The van der Waals surface area contributed by atoms with Crippen LogP contribution in [0.3, 0.4) is 0 Å². The molecule has 0 saturated heterocycles. The van der Waals surface area contributed by atoms with Crippen molar-refractivity contribution in [1.82, 2.24) is 5.32 Å². The van der Waals surface area contributed by atoms with Crippen LogP contribution in [0, 0.1) is 0 Å². The molecule has 0 fully saturated rings. The molecule has 0 aliphatic rings. The Morgan fingerprint density at radius 2 is 1.78 bits per heavy atom. The van der Waals surface area contributed by atoms with Crippen molar-refractivity contribution < 1.29 is 9.47 Å². The Hall–Kier alpha value is -1.06. The highest BCUT2D eigenvalue weighted by molar-refractivity contribution is 5.29. The number of rotatable bonds is 8. The van der Waals surface area contributed by atoms with E-state index in [9.17, 15) is 0 Å². The van der Waals surface area contributed by atoms with Gasteiger partial charge in [0.25, 0.3) is 0 Å². The zero-order chi connectivity index (χ0) is 13.4. The third kappa shape index (κ3) is 4.00. The van der Waals surface area contributed by atoms with Crippen molar-refractivity contribution in [2.45, 2.75) is 38.8 Å². The number of nitrogens with one attached hydrogen (secondary N) is 1. The lowest BCUT2D eigenvalue weighted by Gasteiger charge is -2.27. The molecule has 2 unspecified atom stereocenters. The molecule has 1 aromatic rings. The van der Waals surface area contributed by atoms with E-state index in [4.69, 9.17) is 9.47 Å². The van der Waals surface area contributed by atoms with Crippen LogP contribution >= 0.6 is 0 Å². The SMILES string of the molecule is CCCC(OC)C(NCC)c1ccc(OC)cc1. The Kier molecular flexibility index (Phi) is 6.76. The summed E-state index contributed by atoms with van der Waals surface area (Å²) in [6.45, 7) is 5.23. The predicted molar refractivity (Wildman–Crippen MR) is 75.1 cm³/mol. The van der Waals surface area contributed by atoms with E-state index in [1.165, 1.54) is 5.56 Å². The van der Waals surface area contributed by atoms with E-state index >= 15 is 0 Å². The second-order valence-electron chi connectivity index (χ2n) is 4.37. The summed E-state index contributed by atoms with van der Waals surface area (Å²) >= 11 is 0. The molecule has 0 aliphatic heterocycles. The van der Waals surface area contributed by atoms with Gasteiger partial charge in [-0.25, -0.2) is 0 Å². The molecule has 0 amide bonds. The summed E-state index contributed by atoms with van der Waals surface area (Å²) in [4.78, 5) is 0. The molecule has 0 radical (unpaired) electrons. The summed E-state index contributed by atoms with van der Waals surface area (Å²) < 4.78 is 10.8.